The van der Waals surface area contributed by atoms with Gasteiger partial charge in [-0.2, -0.15) is 4.39 Å². The number of nitrogens with zero attached hydrogens (tertiary/aromatic N) is 1. The summed E-state index contributed by atoms with van der Waals surface area (Å²) >= 11 is 0. The molecule has 0 aliphatic heterocycles. The zero-order valence-corrected chi connectivity index (χ0v) is 8.35. The number of aromatic nitrogens is 1. The highest BCUT2D eigenvalue weighted by atomic mass is 19.2. The second-order valence-electron chi connectivity index (χ2n) is 3.22. The van der Waals surface area contributed by atoms with Crippen LogP contribution in [-0.2, 0) is 0 Å². The van der Waals surface area contributed by atoms with E-state index in [9.17, 15) is 17.6 Å². The Hall–Kier alpha value is -2.11. The van der Waals surface area contributed by atoms with E-state index >= 15 is 0 Å². The zero-order valence-electron chi connectivity index (χ0n) is 8.35. The molecule has 2 nitrogen and oxygen atoms in total. The Morgan fingerprint density at radius 3 is 2.47 bits per heavy atom. The molecule has 0 saturated heterocycles. The van der Waals surface area contributed by atoms with Gasteiger partial charge in [-0.1, -0.05) is 6.07 Å². The quantitative estimate of drug-likeness (QED) is 0.496. The highest BCUT2D eigenvalue weighted by Crippen LogP contribution is 2.22. The highest BCUT2D eigenvalue weighted by Gasteiger charge is 2.11. The maximum Gasteiger partial charge on any atom is 0.214 e. The summed E-state index contributed by atoms with van der Waals surface area (Å²) in [5.41, 5.74) is -0.444. The topological polar surface area (TPSA) is 24.9 Å². The first-order valence-corrected chi connectivity index (χ1v) is 4.60. The van der Waals surface area contributed by atoms with Crippen LogP contribution in [0.5, 0.6) is 0 Å². The molecule has 2 aromatic rings. The van der Waals surface area contributed by atoms with Gasteiger partial charge in [-0.15, -0.1) is 0 Å². The molecule has 0 unspecified atom stereocenters. The minimum Gasteiger partial charge on any atom is -0.338 e. The summed E-state index contributed by atoms with van der Waals surface area (Å²) < 4.78 is 51.7. The van der Waals surface area contributed by atoms with Crippen molar-refractivity contribution in [2.24, 2.45) is 0 Å². The van der Waals surface area contributed by atoms with E-state index in [0.29, 0.717) is 6.07 Å². The largest absolute Gasteiger partial charge is 0.338 e. The molecule has 0 saturated carbocycles. The fourth-order valence-corrected chi connectivity index (χ4v) is 1.26. The second-order valence-corrected chi connectivity index (χ2v) is 3.22. The van der Waals surface area contributed by atoms with Crippen molar-refractivity contribution in [2.75, 3.05) is 5.32 Å². The number of halogens is 4. The van der Waals surface area contributed by atoms with E-state index in [1.807, 2.05) is 0 Å². The Bertz CT molecular complexity index is 557. The Morgan fingerprint density at radius 1 is 1.00 bits per heavy atom. The predicted octanol–water partition coefficient (Wildman–Crippen LogP) is 3.38. The SMILES string of the molecule is Fc1cc(F)c(F)c(Nc2cccc(F)n2)c1. The van der Waals surface area contributed by atoms with Crippen molar-refractivity contribution in [3.63, 3.8) is 0 Å². The molecule has 2 rings (SSSR count). The van der Waals surface area contributed by atoms with Gasteiger partial charge in [0.05, 0.1) is 5.69 Å². The molecule has 88 valence electrons. The van der Waals surface area contributed by atoms with Gasteiger partial charge in [-0.05, 0) is 12.1 Å². The fourth-order valence-electron chi connectivity index (χ4n) is 1.26. The highest BCUT2D eigenvalue weighted by molar-refractivity contribution is 5.56. The van der Waals surface area contributed by atoms with Crippen molar-refractivity contribution in [2.45, 2.75) is 0 Å². The third kappa shape index (κ3) is 2.52. The standard InChI is InChI=1S/C11H6F4N2/c12-6-4-7(13)11(15)8(5-6)16-10-3-1-2-9(14)17-10/h1-5H,(H,16,17). The van der Waals surface area contributed by atoms with E-state index in [-0.39, 0.29) is 5.82 Å². The smallest absolute Gasteiger partial charge is 0.214 e. The van der Waals surface area contributed by atoms with E-state index in [4.69, 9.17) is 0 Å². The van der Waals surface area contributed by atoms with Crippen molar-refractivity contribution in [3.8, 4) is 0 Å². The number of nitrogens with one attached hydrogen (secondary N) is 1. The third-order valence-corrected chi connectivity index (χ3v) is 1.97. The lowest BCUT2D eigenvalue weighted by atomic mass is 10.2. The van der Waals surface area contributed by atoms with Gasteiger partial charge in [0.1, 0.15) is 11.6 Å². The van der Waals surface area contributed by atoms with Gasteiger partial charge >= 0.3 is 0 Å². The Labute approximate surface area is 93.9 Å². The van der Waals surface area contributed by atoms with Gasteiger partial charge in [0.25, 0.3) is 0 Å². The van der Waals surface area contributed by atoms with Crippen molar-refractivity contribution < 1.29 is 17.6 Å². The normalized spacial score (nSPS) is 10.4. The number of hydrogen-bond donors (Lipinski definition) is 1. The zero-order chi connectivity index (χ0) is 12.4. The van der Waals surface area contributed by atoms with Crippen molar-refractivity contribution >= 4 is 11.5 Å². The average Bonchev–Trinajstić information content (AvgIpc) is 2.25. The van der Waals surface area contributed by atoms with Crippen molar-refractivity contribution in [1.82, 2.24) is 4.98 Å². The lowest BCUT2D eigenvalue weighted by Crippen LogP contribution is -2.00. The van der Waals surface area contributed by atoms with Crippen molar-refractivity contribution in [1.29, 1.82) is 0 Å². The van der Waals surface area contributed by atoms with Crippen LogP contribution in [0, 0.1) is 23.4 Å². The average molecular weight is 242 g/mol. The molecule has 0 atom stereocenters. The third-order valence-electron chi connectivity index (χ3n) is 1.97. The van der Waals surface area contributed by atoms with Gasteiger partial charge in [0.15, 0.2) is 11.6 Å². The maximum absolute atomic E-state index is 13.2. The summed E-state index contributed by atoms with van der Waals surface area (Å²) in [6, 6.07) is 4.93. The molecule has 1 aromatic carbocycles. The van der Waals surface area contributed by atoms with E-state index in [1.165, 1.54) is 12.1 Å². The molecule has 0 fully saturated rings. The summed E-state index contributed by atoms with van der Waals surface area (Å²) in [4.78, 5) is 3.38. The Morgan fingerprint density at radius 2 is 1.76 bits per heavy atom. The number of rotatable bonds is 2. The first-order valence-electron chi connectivity index (χ1n) is 4.60. The molecule has 0 spiro atoms. The molecule has 0 aliphatic rings. The molecular formula is C11H6F4N2. The number of anilines is 2. The minimum atomic E-state index is -1.33. The molecule has 1 aromatic heterocycles. The monoisotopic (exact) mass is 242 g/mol. The molecular weight excluding hydrogens is 236 g/mol. The number of hydrogen-bond acceptors (Lipinski definition) is 2. The lowest BCUT2D eigenvalue weighted by Gasteiger charge is -2.07. The summed E-state index contributed by atoms with van der Waals surface area (Å²) in [6.07, 6.45) is 0. The van der Waals surface area contributed by atoms with Gasteiger partial charge in [0, 0.05) is 12.1 Å². The lowest BCUT2D eigenvalue weighted by molar-refractivity contribution is 0.498. The molecule has 17 heavy (non-hydrogen) atoms. The van der Waals surface area contributed by atoms with Crippen molar-refractivity contribution in [3.05, 3.63) is 53.7 Å². The van der Waals surface area contributed by atoms with Crippen LogP contribution in [0.2, 0.25) is 0 Å². The van der Waals surface area contributed by atoms with Gasteiger partial charge < -0.3 is 5.32 Å². The van der Waals surface area contributed by atoms with Gasteiger partial charge in [-0.3, -0.25) is 0 Å². The first-order chi connectivity index (χ1) is 8.06. The van der Waals surface area contributed by atoms with Crippen LogP contribution in [0.25, 0.3) is 0 Å². The van der Waals surface area contributed by atoms with Gasteiger partial charge in [0.2, 0.25) is 5.95 Å². The summed E-state index contributed by atoms with van der Waals surface area (Å²) in [7, 11) is 0. The number of benzene rings is 1. The predicted molar refractivity (Wildman–Crippen MR) is 53.8 cm³/mol. The van der Waals surface area contributed by atoms with Crippen LogP contribution in [0.1, 0.15) is 0 Å². The first kappa shape index (κ1) is 11.4. The molecule has 6 heteroatoms. The molecule has 0 amide bonds. The summed E-state index contributed by atoms with van der Waals surface area (Å²) in [6.45, 7) is 0. The van der Waals surface area contributed by atoms with Gasteiger partial charge in [-0.25, -0.2) is 18.2 Å². The Balaban J connectivity index is 2.36. The second kappa shape index (κ2) is 4.40. The van der Waals surface area contributed by atoms with Crippen LogP contribution >= 0.6 is 0 Å². The maximum atomic E-state index is 13.2. The van der Waals surface area contributed by atoms with Crippen LogP contribution in [0.4, 0.5) is 29.1 Å². The summed E-state index contributed by atoms with van der Waals surface area (Å²) in [5, 5.41) is 2.29. The summed E-state index contributed by atoms with van der Waals surface area (Å²) in [5.74, 6) is -4.36. The van der Waals surface area contributed by atoms with Crippen LogP contribution in [0.3, 0.4) is 0 Å². The van der Waals surface area contributed by atoms with Crippen LogP contribution in [0.15, 0.2) is 30.3 Å². The van der Waals surface area contributed by atoms with Crippen LogP contribution < -0.4 is 5.32 Å². The molecule has 1 N–H and O–H groups in total. The fraction of sp³-hybridized carbons (Fsp3) is 0. The van der Waals surface area contributed by atoms with E-state index < -0.39 is 29.1 Å². The molecule has 1 heterocycles. The molecule has 0 aliphatic carbocycles. The van der Waals surface area contributed by atoms with E-state index in [0.717, 1.165) is 12.1 Å². The molecule has 0 radical (unpaired) electrons. The number of pyridine rings is 1. The molecule has 0 bridgehead atoms. The minimum absolute atomic E-state index is 0.0473. The Kier molecular flexibility index (Phi) is 2.95. The van der Waals surface area contributed by atoms with E-state index in [1.54, 1.807) is 0 Å². The van der Waals surface area contributed by atoms with Crippen LogP contribution in [-0.4, -0.2) is 4.98 Å². The van der Waals surface area contributed by atoms with E-state index in [2.05, 4.69) is 10.3 Å².